The van der Waals surface area contributed by atoms with Gasteiger partial charge in [0.15, 0.2) is 5.50 Å². The van der Waals surface area contributed by atoms with Crippen LogP contribution >= 0.6 is 12.6 Å². The number of nitrogens with zero attached hydrogens (tertiary/aromatic N) is 5. The molecule has 3 aromatic rings. The van der Waals surface area contributed by atoms with E-state index in [2.05, 4.69) is 46.5 Å². The average molecular weight is 849 g/mol. The Kier molecular flexibility index (Phi) is 13.1. The molecule has 3 saturated heterocycles. The molecule has 1 unspecified atom stereocenters. The van der Waals surface area contributed by atoms with Crippen molar-refractivity contribution in [3.05, 3.63) is 77.4 Å². The lowest BCUT2D eigenvalue weighted by Gasteiger charge is -2.46. The first kappa shape index (κ1) is 44.2. The Hall–Kier alpha value is -5.31. The molecule has 0 aromatic heterocycles. The number of thiol groups is 1. The van der Waals surface area contributed by atoms with Crippen LogP contribution in [0, 0.1) is 11.3 Å². The monoisotopic (exact) mass is 848 g/mol. The summed E-state index contributed by atoms with van der Waals surface area (Å²) in [5.41, 5.74) is -0.974. The zero-order chi connectivity index (χ0) is 43.7. The van der Waals surface area contributed by atoms with Crippen LogP contribution in [0.2, 0.25) is 0 Å². The number of carbonyl (C=O) groups is 4. The topological polar surface area (TPSA) is 150 Å². The lowest BCUT2D eigenvalue weighted by molar-refractivity contribution is -0.138. The molecular weight excluding hydrogens is 798 g/mol. The molecule has 3 N–H and O–H groups in total. The third-order valence-corrected chi connectivity index (χ3v) is 12.0. The predicted molar refractivity (Wildman–Crippen MR) is 226 cm³/mol. The van der Waals surface area contributed by atoms with Crippen LogP contribution in [0.3, 0.4) is 0 Å². The lowest BCUT2D eigenvalue weighted by atomic mass is 10.0. The van der Waals surface area contributed by atoms with Crippen molar-refractivity contribution in [1.29, 1.82) is 5.26 Å². The number of imide groups is 1. The number of benzene rings is 3. The number of halogens is 3. The first-order chi connectivity index (χ1) is 28.3. The van der Waals surface area contributed by atoms with E-state index in [-0.39, 0.29) is 54.5 Å². The molecule has 3 aliphatic heterocycles. The van der Waals surface area contributed by atoms with Crippen LogP contribution in [-0.4, -0.2) is 94.9 Å². The summed E-state index contributed by atoms with van der Waals surface area (Å²) in [4.78, 5) is 58.2. The maximum Gasteiger partial charge on any atom is 0.417 e. The van der Waals surface area contributed by atoms with Gasteiger partial charge in [-0.3, -0.25) is 39.2 Å². The van der Waals surface area contributed by atoms with Gasteiger partial charge in [0, 0.05) is 60.4 Å². The summed E-state index contributed by atoms with van der Waals surface area (Å²) >= 11 is 4.74. The van der Waals surface area contributed by atoms with E-state index in [1.165, 1.54) is 11.0 Å². The highest BCUT2D eigenvalue weighted by Crippen LogP contribution is 2.43. The number of nitrogens with one attached hydrogen (secondary N) is 3. The molecule has 3 aliphatic rings. The number of alkyl halides is 3. The van der Waals surface area contributed by atoms with Gasteiger partial charge in [-0.25, -0.2) is 0 Å². The van der Waals surface area contributed by atoms with E-state index < -0.39 is 40.3 Å². The molecule has 320 valence electrons. The van der Waals surface area contributed by atoms with E-state index in [0.717, 1.165) is 17.7 Å². The number of hydrogen-bond acceptors (Lipinski definition) is 11. The van der Waals surface area contributed by atoms with Crippen molar-refractivity contribution < 1.29 is 37.1 Å². The summed E-state index contributed by atoms with van der Waals surface area (Å²) in [6.45, 7) is 13.7. The van der Waals surface area contributed by atoms with Gasteiger partial charge in [0.2, 0.25) is 17.7 Å². The lowest BCUT2D eigenvalue weighted by Crippen LogP contribution is -2.60. The van der Waals surface area contributed by atoms with Gasteiger partial charge in [0.25, 0.3) is 5.91 Å². The van der Waals surface area contributed by atoms with Gasteiger partial charge in [0.1, 0.15) is 23.9 Å². The second-order valence-corrected chi connectivity index (χ2v) is 16.7. The summed E-state index contributed by atoms with van der Waals surface area (Å²) < 4.78 is 47.9. The summed E-state index contributed by atoms with van der Waals surface area (Å²) in [5.74, 6) is -0.572. The molecular formula is C43H51F3N8O5S. The number of carbonyl (C=O) groups excluding carboxylic acids is 4. The van der Waals surface area contributed by atoms with Crippen molar-refractivity contribution in [2.45, 2.75) is 102 Å². The third kappa shape index (κ3) is 9.35. The number of piperidine rings is 1. The highest BCUT2D eigenvalue weighted by atomic mass is 32.1. The SMILES string of the molecule is CCc1cc(N2[C@H](S)N(c3ccc(C#N)c(C(F)(F)F)c3)C(=O)C2(C)C)ccc1OC[C@H](C)N1C[C@@H](C)N(CC(=O)Nc2cccc(NC3CCC(=O)NC3=O)c2)[C@@H](C)C1. The van der Waals surface area contributed by atoms with Crippen LogP contribution < -0.4 is 30.5 Å². The quantitative estimate of drug-likeness (QED) is 0.126. The molecule has 6 rings (SSSR count). The van der Waals surface area contributed by atoms with Crippen molar-refractivity contribution in [2.24, 2.45) is 0 Å². The second-order valence-electron chi connectivity index (χ2n) is 16.2. The van der Waals surface area contributed by atoms with Gasteiger partial charge in [0.05, 0.1) is 23.7 Å². The number of hydrogen-bond donors (Lipinski definition) is 4. The largest absolute Gasteiger partial charge is 0.492 e. The molecule has 0 saturated carbocycles. The van der Waals surface area contributed by atoms with E-state index in [9.17, 15) is 37.6 Å². The van der Waals surface area contributed by atoms with Crippen molar-refractivity contribution in [3.63, 3.8) is 0 Å². The number of ether oxygens (including phenoxy) is 1. The normalized spacial score (nSPS) is 22.9. The summed E-state index contributed by atoms with van der Waals surface area (Å²) in [5, 5.41) is 17.7. The Bertz CT molecular complexity index is 2170. The smallest absolute Gasteiger partial charge is 0.417 e. The molecule has 17 heteroatoms. The Labute approximate surface area is 353 Å². The minimum absolute atomic E-state index is 0.0110. The fourth-order valence-corrected chi connectivity index (χ4v) is 8.89. The molecule has 4 amide bonds. The third-order valence-electron chi connectivity index (χ3n) is 11.5. The molecule has 0 bridgehead atoms. The number of anilines is 4. The summed E-state index contributed by atoms with van der Waals surface area (Å²) in [7, 11) is 0. The van der Waals surface area contributed by atoms with Crippen LogP contribution in [0.15, 0.2) is 60.7 Å². The average Bonchev–Trinajstić information content (AvgIpc) is 3.37. The maximum absolute atomic E-state index is 13.8. The highest BCUT2D eigenvalue weighted by molar-refractivity contribution is 7.81. The molecule has 0 spiro atoms. The second kappa shape index (κ2) is 17.7. The Morgan fingerprint density at radius 1 is 1.03 bits per heavy atom. The van der Waals surface area contributed by atoms with Crippen LogP contribution in [0.5, 0.6) is 5.75 Å². The molecule has 3 aromatic carbocycles. The molecule has 0 radical (unpaired) electrons. The van der Waals surface area contributed by atoms with Crippen molar-refractivity contribution in [3.8, 4) is 11.8 Å². The number of aryl methyl sites for hydroxylation is 1. The van der Waals surface area contributed by atoms with Crippen LogP contribution in [0.1, 0.15) is 71.1 Å². The molecule has 0 aliphatic carbocycles. The van der Waals surface area contributed by atoms with E-state index >= 15 is 0 Å². The number of rotatable bonds is 12. The summed E-state index contributed by atoms with van der Waals surface area (Å²) in [6.07, 6.45) is -3.51. The van der Waals surface area contributed by atoms with E-state index in [0.29, 0.717) is 55.3 Å². The fourth-order valence-electron chi connectivity index (χ4n) is 8.23. The molecule has 13 nitrogen and oxygen atoms in total. The Balaban J connectivity index is 1.05. The molecule has 5 atom stereocenters. The number of piperazine rings is 1. The van der Waals surface area contributed by atoms with Crippen LogP contribution in [0.25, 0.3) is 0 Å². The first-order valence-corrected chi connectivity index (χ1v) is 20.5. The minimum Gasteiger partial charge on any atom is -0.492 e. The maximum atomic E-state index is 13.8. The number of amides is 4. The van der Waals surface area contributed by atoms with Gasteiger partial charge < -0.3 is 20.3 Å². The zero-order valence-electron chi connectivity index (χ0n) is 34.5. The standard InChI is InChI=1S/C43H51F3N8O5S/c1-7-28-17-33(54-41(60)53(40(58)42(54,5)6)32-12-11-29(20-47)34(19-32)43(44,45)46)13-15-36(28)59-24-27(4)51-21-25(2)52(26(3)22-51)23-38(56)49-31-10-8-9-30(18-31)48-35-14-16-37(55)50-39(35)57/h8-13,15,17-19,25-27,35,41,48,60H,7,14,16,21-24H2,1-6H3,(H,49,56)(H,50,55,57)/t25-,26+,27-,35?,41+/m0/s1. The van der Waals surface area contributed by atoms with Crippen molar-refractivity contribution in [2.75, 3.05) is 46.7 Å². The number of nitriles is 1. The molecule has 3 heterocycles. The molecule has 60 heavy (non-hydrogen) atoms. The predicted octanol–water partition coefficient (Wildman–Crippen LogP) is 6.00. The van der Waals surface area contributed by atoms with Gasteiger partial charge in [-0.2, -0.15) is 18.4 Å². The highest BCUT2D eigenvalue weighted by Gasteiger charge is 2.52. The van der Waals surface area contributed by atoms with E-state index in [1.807, 2.05) is 25.1 Å². The van der Waals surface area contributed by atoms with Crippen molar-refractivity contribution in [1.82, 2.24) is 15.1 Å². The van der Waals surface area contributed by atoms with Gasteiger partial charge >= 0.3 is 6.18 Å². The van der Waals surface area contributed by atoms with Gasteiger partial charge in [-0.15, -0.1) is 12.6 Å². The zero-order valence-corrected chi connectivity index (χ0v) is 35.4. The van der Waals surface area contributed by atoms with Gasteiger partial charge in [-0.05, 0) is 108 Å². The minimum atomic E-state index is -4.78. The first-order valence-electron chi connectivity index (χ1n) is 20.0. The van der Waals surface area contributed by atoms with E-state index in [4.69, 9.17) is 17.4 Å². The van der Waals surface area contributed by atoms with E-state index in [1.54, 1.807) is 49.1 Å². The molecule has 3 fully saturated rings. The van der Waals surface area contributed by atoms with Crippen LogP contribution in [-0.2, 0) is 31.8 Å². The van der Waals surface area contributed by atoms with Gasteiger partial charge in [-0.1, -0.05) is 13.0 Å². The van der Waals surface area contributed by atoms with Crippen LogP contribution in [0.4, 0.5) is 35.9 Å². The van der Waals surface area contributed by atoms with Crippen molar-refractivity contribution >= 4 is 59.0 Å². The summed E-state index contributed by atoms with van der Waals surface area (Å²) in [6, 6.07) is 17.2. The fraction of sp³-hybridized carbons (Fsp3) is 0.465. The Morgan fingerprint density at radius 2 is 1.72 bits per heavy atom. The Morgan fingerprint density at radius 3 is 2.37 bits per heavy atom.